The number of rotatable bonds is 2. The largest absolute Gasteiger partial charge is 0.392 e. The van der Waals surface area contributed by atoms with E-state index in [1.165, 1.54) is 0 Å². The maximum atomic E-state index is 9.75. The molecule has 2 heterocycles. The summed E-state index contributed by atoms with van der Waals surface area (Å²) in [7, 11) is 0. The quantitative estimate of drug-likeness (QED) is 0.733. The average molecular weight is 247 g/mol. The Bertz CT molecular complexity index is 591. The molecule has 6 heteroatoms. The number of nitrogen functional groups attached to an aromatic ring is 1. The molecular formula is C12H17N5O. The van der Waals surface area contributed by atoms with Gasteiger partial charge in [-0.25, -0.2) is 9.97 Å². The van der Waals surface area contributed by atoms with Gasteiger partial charge < -0.3 is 20.6 Å². The lowest BCUT2D eigenvalue weighted by molar-refractivity contribution is -0.0511. The summed E-state index contributed by atoms with van der Waals surface area (Å²) in [6, 6.07) is 0.183. The first-order valence-corrected chi connectivity index (χ1v) is 6.02. The smallest absolute Gasteiger partial charge is 0.180 e. The molecule has 0 bridgehead atoms. The second kappa shape index (κ2) is 3.58. The van der Waals surface area contributed by atoms with E-state index in [-0.39, 0.29) is 17.6 Å². The lowest BCUT2D eigenvalue weighted by Crippen LogP contribution is -2.57. The number of hydrogen-bond acceptors (Lipinski definition) is 5. The van der Waals surface area contributed by atoms with Crippen LogP contribution < -0.4 is 11.1 Å². The minimum Gasteiger partial charge on any atom is -0.392 e. The summed E-state index contributed by atoms with van der Waals surface area (Å²) in [5.74, 6) is 1.12. The molecule has 1 saturated carbocycles. The van der Waals surface area contributed by atoms with Gasteiger partial charge in [0.15, 0.2) is 11.5 Å². The number of aliphatic hydroxyl groups excluding tert-OH is 1. The van der Waals surface area contributed by atoms with Crippen LogP contribution in [-0.2, 0) is 0 Å². The van der Waals surface area contributed by atoms with E-state index in [0.29, 0.717) is 11.6 Å². The molecule has 0 aliphatic heterocycles. The van der Waals surface area contributed by atoms with Crippen LogP contribution in [0.5, 0.6) is 0 Å². The average Bonchev–Trinajstić information content (AvgIpc) is 2.76. The lowest BCUT2D eigenvalue weighted by Gasteiger charge is -2.49. The van der Waals surface area contributed by atoms with Gasteiger partial charge in [0, 0.05) is 23.9 Å². The third-order valence-corrected chi connectivity index (χ3v) is 3.92. The van der Waals surface area contributed by atoms with Gasteiger partial charge in [-0.2, -0.15) is 0 Å². The first-order chi connectivity index (χ1) is 8.48. The number of aliphatic hydroxyl groups is 1. The zero-order chi connectivity index (χ0) is 12.9. The second-order valence-corrected chi connectivity index (χ2v) is 5.44. The molecule has 2 aromatic heterocycles. The second-order valence-electron chi connectivity index (χ2n) is 5.44. The van der Waals surface area contributed by atoms with E-state index in [2.05, 4.69) is 15.3 Å². The zero-order valence-electron chi connectivity index (χ0n) is 10.5. The molecule has 0 spiro atoms. The summed E-state index contributed by atoms with van der Waals surface area (Å²) in [5.41, 5.74) is 6.36. The van der Waals surface area contributed by atoms with Gasteiger partial charge in [0.25, 0.3) is 0 Å². The molecule has 0 saturated heterocycles. The molecule has 0 aromatic carbocycles. The Morgan fingerprint density at radius 1 is 1.56 bits per heavy atom. The Morgan fingerprint density at radius 2 is 2.33 bits per heavy atom. The molecule has 18 heavy (non-hydrogen) atoms. The van der Waals surface area contributed by atoms with Crippen molar-refractivity contribution in [2.24, 2.45) is 5.41 Å². The summed E-state index contributed by atoms with van der Waals surface area (Å²) >= 11 is 0. The maximum Gasteiger partial charge on any atom is 0.180 e. The lowest BCUT2D eigenvalue weighted by atomic mass is 9.64. The number of fused-ring (bicyclic) bond motifs is 1. The van der Waals surface area contributed by atoms with Crippen LogP contribution in [0.1, 0.15) is 20.3 Å². The number of aromatic nitrogens is 3. The summed E-state index contributed by atoms with van der Waals surface area (Å²) in [4.78, 5) is 8.55. The highest BCUT2D eigenvalue weighted by atomic mass is 16.3. The molecular weight excluding hydrogens is 230 g/mol. The molecule has 3 rings (SSSR count). The molecule has 4 N–H and O–H groups in total. The molecule has 1 aliphatic carbocycles. The number of anilines is 2. The van der Waals surface area contributed by atoms with Crippen molar-refractivity contribution in [3.63, 3.8) is 0 Å². The van der Waals surface area contributed by atoms with Gasteiger partial charge in [0.2, 0.25) is 0 Å². The van der Waals surface area contributed by atoms with Crippen LogP contribution in [0.4, 0.5) is 11.6 Å². The molecule has 0 amide bonds. The molecule has 2 unspecified atom stereocenters. The first-order valence-electron chi connectivity index (χ1n) is 6.02. The van der Waals surface area contributed by atoms with Gasteiger partial charge in [-0.15, -0.1) is 0 Å². The molecule has 6 nitrogen and oxygen atoms in total. The van der Waals surface area contributed by atoms with E-state index in [0.717, 1.165) is 12.1 Å². The summed E-state index contributed by atoms with van der Waals surface area (Å²) < 4.78 is 1.84. The van der Waals surface area contributed by atoms with Gasteiger partial charge in [-0.3, -0.25) is 0 Å². The molecule has 96 valence electrons. The van der Waals surface area contributed by atoms with Crippen LogP contribution in [0.3, 0.4) is 0 Å². The van der Waals surface area contributed by atoms with Gasteiger partial charge in [0.1, 0.15) is 5.82 Å². The number of nitrogens with one attached hydrogen (secondary N) is 1. The summed E-state index contributed by atoms with van der Waals surface area (Å²) in [6.07, 6.45) is 5.72. The highest BCUT2D eigenvalue weighted by Gasteiger charge is 2.47. The molecule has 2 aromatic rings. The highest BCUT2D eigenvalue weighted by molar-refractivity contribution is 5.65. The van der Waals surface area contributed by atoms with Gasteiger partial charge in [-0.05, 0) is 6.42 Å². The fourth-order valence-electron chi connectivity index (χ4n) is 2.36. The Hall–Kier alpha value is -1.82. The van der Waals surface area contributed by atoms with Crippen molar-refractivity contribution in [1.82, 2.24) is 14.4 Å². The fourth-order valence-corrected chi connectivity index (χ4v) is 2.36. The van der Waals surface area contributed by atoms with Crippen LogP contribution in [0, 0.1) is 5.41 Å². The van der Waals surface area contributed by atoms with Crippen molar-refractivity contribution in [2.45, 2.75) is 32.4 Å². The Morgan fingerprint density at radius 3 is 3.00 bits per heavy atom. The fraction of sp³-hybridized carbons (Fsp3) is 0.500. The standard InChI is InChI=1S/C12H17N5O/c1-12(2)7(5-8(12)18)15-10-11-14-3-4-17(11)6-9(13)16-10/h3-4,6-8,18H,5,13H2,1-2H3,(H,15,16). The Balaban J connectivity index is 1.93. The molecule has 1 fully saturated rings. The Kier molecular flexibility index (Phi) is 2.25. The minimum atomic E-state index is -0.271. The van der Waals surface area contributed by atoms with Crippen LogP contribution in [0.25, 0.3) is 5.65 Å². The predicted molar refractivity (Wildman–Crippen MR) is 69.2 cm³/mol. The topological polar surface area (TPSA) is 88.5 Å². The third-order valence-electron chi connectivity index (χ3n) is 3.92. The van der Waals surface area contributed by atoms with Crippen molar-refractivity contribution >= 4 is 17.3 Å². The van der Waals surface area contributed by atoms with Crippen molar-refractivity contribution in [3.8, 4) is 0 Å². The van der Waals surface area contributed by atoms with Crippen molar-refractivity contribution in [1.29, 1.82) is 0 Å². The summed E-state index contributed by atoms with van der Waals surface area (Å²) in [6.45, 7) is 4.07. The minimum absolute atomic E-state index is 0.157. The van der Waals surface area contributed by atoms with E-state index >= 15 is 0 Å². The number of nitrogens with two attached hydrogens (primary N) is 1. The van der Waals surface area contributed by atoms with Gasteiger partial charge >= 0.3 is 0 Å². The monoisotopic (exact) mass is 247 g/mol. The van der Waals surface area contributed by atoms with Crippen LogP contribution in [-0.4, -0.2) is 31.6 Å². The first kappa shape index (κ1) is 11.3. The van der Waals surface area contributed by atoms with Gasteiger partial charge in [-0.1, -0.05) is 13.8 Å². The number of imidazole rings is 1. The number of hydrogen-bond donors (Lipinski definition) is 3. The van der Waals surface area contributed by atoms with E-state index in [1.807, 2.05) is 24.4 Å². The zero-order valence-corrected chi connectivity index (χ0v) is 10.5. The van der Waals surface area contributed by atoms with E-state index in [9.17, 15) is 5.11 Å². The maximum absolute atomic E-state index is 9.75. The Labute approximate surface area is 105 Å². The molecule has 0 radical (unpaired) electrons. The van der Waals surface area contributed by atoms with Crippen molar-refractivity contribution < 1.29 is 5.11 Å². The third kappa shape index (κ3) is 1.53. The molecule has 1 aliphatic rings. The van der Waals surface area contributed by atoms with Crippen molar-refractivity contribution in [2.75, 3.05) is 11.1 Å². The van der Waals surface area contributed by atoms with E-state index < -0.39 is 0 Å². The normalized spacial score (nSPS) is 25.9. The van der Waals surface area contributed by atoms with E-state index in [4.69, 9.17) is 5.73 Å². The van der Waals surface area contributed by atoms with Crippen molar-refractivity contribution in [3.05, 3.63) is 18.6 Å². The van der Waals surface area contributed by atoms with Crippen LogP contribution in [0.2, 0.25) is 0 Å². The number of nitrogens with zero attached hydrogens (tertiary/aromatic N) is 3. The SMILES string of the molecule is CC1(C)C(O)CC1Nc1nc(N)cn2ccnc12. The van der Waals surface area contributed by atoms with Gasteiger partial charge in [0.05, 0.1) is 12.3 Å². The van der Waals surface area contributed by atoms with Crippen LogP contribution >= 0.6 is 0 Å². The summed E-state index contributed by atoms with van der Waals surface area (Å²) in [5, 5.41) is 13.1. The molecule has 2 atom stereocenters. The van der Waals surface area contributed by atoms with Crippen LogP contribution in [0.15, 0.2) is 18.6 Å². The highest BCUT2D eigenvalue weighted by Crippen LogP contribution is 2.42. The van der Waals surface area contributed by atoms with E-state index in [1.54, 1.807) is 12.4 Å². The predicted octanol–water partition coefficient (Wildman–Crippen LogP) is 0.883.